The number of nitrogens with zero attached hydrogens (tertiary/aromatic N) is 4. The summed E-state index contributed by atoms with van der Waals surface area (Å²) in [5, 5.41) is 6.42. The molecule has 33 heavy (non-hydrogen) atoms. The summed E-state index contributed by atoms with van der Waals surface area (Å²) < 4.78 is 69.7. The lowest BCUT2D eigenvalue weighted by Crippen LogP contribution is -2.48. The Kier molecular flexibility index (Phi) is 7.19. The monoisotopic (exact) mass is 470 g/mol. The van der Waals surface area contributed by atoms with Crippen LogP contribution in [-0.4, -0.2) is 45.0 Å². The minimum absolute atomic E-state index is 0.0448. The van der Waals surface area contributed by atoms with Gasteiger partial charge in [0.15, 0.2) is 0 Å². The molecule has 6 nitrogen and oxygen atoms in total. The third kappa shape index (κ3) is 6.17. The number of urea groups is 1. The molecule has 0 unspecified atom stereocenters. The van der Waals surface area contributed by atoms with Crippen LogP contribution in [0, 0.1) is 0 Å². The van der Waals surface area contributed by atoms with Gasteiger partial charge in [-0.05, 0) is 37.6 Å². The van der Waals surface area contributed by atoms with Crippen LogP contribution >= 0.6 is 0 Å². The fourth-order valence-electron chi connectivity index (χ4n) is 3.25. The molecule has 0 spiro atoms. The van der Waals surface area contributed by atoms with Crippen LogP contribution in [0.15, 0.2) is 52.6 Å². The average molecular weight is 470 g/mol. The van der Waals surface area contributed by atoms with E-state index in [9.17, 15) is 26.7 Å². The minimum Gasteiger partial charge on any atom is -0.413 e. The molecule has 0 aliphatic carbocycles. The summed E-state index contributed by atoms with van der Waals surface area (Å²) in [6, 6.07) is 5.89. The summed E-state index contributed by atoms with van der Waals surface area (Å²) in [5.74, 6) is -4.48. The predicted octanol–water partition coefficient (Wildman–Crippen LogP) is 5.89. The van der Waals surface area contributed by atoms with Gasteiger partial charge in [0.05, 0.1) is 6.54 Å². The first-order chi connectivity index (χ1) is 15.5. The second-order valence-corrected chi connectivity index (χ2v) is 7.65. The summed E-state index contributed by atoms with van der Waals surface area (Å²) in [7, 11) is 0. The lowest BCUT2D eigenvalue weighted by Gasteiger charge is -2.36. The summed E-state index contributed by atoms with van der Waals surface area (Å²) in [5.41, 5.74) is 1.59. The zero-order chi connectivity index (χ0) is 24.2. The van der Waals surface area contributed by atoms with E-state index in [-0.39, 0.29) is 44.4 Å². The summed E-state index contributed by atoms with van der Waals surface area (Å²) in [4.78, 5) is 16.0. The van der Waals surface area contributed by atoms with E-state index in [1.807, 2.05) is 6.92 Å². The van der Waals surface area contributed by atoms with Gasteiger partial charge in [-0.2, -0.15) is 13.2 Å². The molecule has 11 heteroatoms. The maximum Gasteiger partial charge on any atom is 0.470 e. The molecule has 2 aromatic rings. The highest BCUT2D eigenvalue weighted by molar-refractivity contribution is 5.76. The molecule has 178 valence electrons. The number of carbonyl (C=O) groups is 1. The van der Waals surface area contributed by atoms with Crippen molar-refractivity contribution in [2.45, 2.75) is 45.3 Å². The van der Waals surface area contributed by atoms with Crippen LogP contribution in [0.5, 0.6) is 0 Å². The molecule has 1 aromatic carbocycles. The number of aromatic nitrogens is 2. The van der Waals surface area contributed by atoms with E-state index in [4.69, 9.17) is 0 Å². The second-order valence-electron chi connectivity index (χ2n) is 7.65. The lowest BCUT2D eigenvalue weighted by atomic mass is 10.1. The van der Waals surface area contributed by atoms with Crippen LogP contribution in [0.1, 0.15) is 38.1 Å². The molecule has 0 bridgehead atoms. The van der Waals surface area contributed by atoms with Crippen molar-refractivity contribution < 1.29 is 31.2 Å². The van der Waals surface area contributed by atoms with Crippen molar-refractivity contribution in [3.63, 3.8) is 0 Å². The molecule has 3 rings (SSSR count). The van der Waals surface area contributed by atoms with Gasteiger partial charge in [0.25, 0.3) is 5.92 Å². The van der Waals surface area contributed by atoms with Crippen LogP contribution < -0.4 is 0 Å². The summed E-state index contributed by atoms with van der Waals surface area (Å²) in [6.07, 6.45) is -0.214. The Morgan fingerprint density at radius 3 is 2.36 bits per heavy atom. The second kappa shape index (κ2) is 9.72. The van der Waals surface area contributed by atoms with Gasteiger partial charge in [-0.3, -0.25) is 4.90 Å². The molecule has 0 atom stereocenters. The van der Waals surface area contributed by atoms with Crippen molar-refractivity contribution >= 4 is 6.03 Å². The molecule has 2 heterocycles. The van der Waals surface area contributed by atoms with Crippen molar-refractivity contribution in [2.24, 2.45) is 0 Å². The Balaban J connectivity index is 1.78. The van der Waals surface area contributed by atoms with Crippen molar-refractivity contribution in [1.29, 1.82) is 0 Å². The van der Waals surface area contributed by atoms with Gasteiger partial charge in [0.2, 0.25) is 5.89 Å². The summed E-state index contributed by atoms with van der Waals surface area (Å²) >= 11 is 0. The van der Waals surface area contributed by atoms with E-state index < -0.39 is 18.0 Å². The van der Waals surface area contributed by atoms with E-state index in [1.165, 1.54) is 21.9 Å². The standard InChI is InChI=1S/C22H23F5N4O2/c1-3-4-5-15(2)31(20(32)30-12-10-21(23,24)11-13-30)14-16-6-8-17(9-7-16)18-28-29-19(33-18)22(25,26)27/h3-9H,10-14H2,1-2H3/b4-3-,15-5+. The van der Waals surface area contributed by atoms with Crippen molar-refractivity contribution in [2.75, 3.05) is 13.1 Å². The van der Waals surface area contributed by atoms with E-state index >= 15 is 0 Å². The summed E-state index contributed by atoms with van der Waals surface area (Å²) in [6.45, 7) is 3.61. The fourth-order valence-corrected chi connectivity index (χ4v) is 3.25. The quantitative estimate of drug-likeness (QED) is 0.404. The first-order valence-electron chi connectivity index (χ1n) is 10.2. The number of halogens is 5. The third-order valence-corrected chi connectivity index (χ3v) is 5.16. The van der Waals surface area contributed by atoms with Crippen LogP contribution in [-0.2, 0) is 12.7 Å². The Hall–Kier alpha value is -3.24. The fraction of sp³-hybridized carbons (Fsp3) is 0.409. The van der Waals surface area contributed by atoms with E-state index in [2.05, 4.69) is 14.6 Å². The highest BCUT2D eigenvalue weighted by Gasteiger charge is 2.38. The Morgan fingerprint density at radius 2 is 1.82 bits per heavy atom. The third-order valence-electron chi connectivity index (χ3n) is 5.16. The zero-order valence-corrected chi connectivity index (χ0v) is 18.1. The predicted molar refractivity (Wildman–Crippen MR) is 110 cm³/mol. The molecule has 1 aliphatic rings. The highest BCUT2D eigenvalue weighted by Crippen LogP contribution is 2.31. The number of benzene rings is 1. The van der Waals surface area contributed by atoms with E-state index in [0.29, 0.717) is 16.8 Å². The molecule has 0 radical (unpaired) electrons. The van der Waals surface area contributed by atoms with Crippen LogP contribution in [0.4, 0.5) is 26.7 Å². The van der Waals surface area contributed by atoms with Gasteiger partial charge in [-0.25, -0.2) is 13.6 Å². The van der Waals surface area contributed by atoms with Gasteiger partial charge in [0, 0.05) is 37.2 Å². The lowest BCUT2D eigenvalue weighted by molar-refractivity contribution is -0.156. The zero-order valence-electron chi connectivity index (χ0n) is 18.1. The molecule has 1 aliphatic heterocycles. The van der Waals surface area contributed by atoms with Gasteiger partial charge >= 0.3 is 18.1 Å². The number of hydrogen-bond donors (Lipinski definition) is 0. The molecule has 1 aromatic heterocycles. The molecular formula is C22H23F5N4O2. The molecule has 2 amide bonds. The number of piperidine rings is 1. The first kappa shape index (κ1) is 24.4. The number of hydrogen-bond acceptors (Lipinski definition) is 4. The van der Waals surface area contributed by atoms with Gasteiger partial charge in [-0.15, -0.1) is 10.2 Å². The smallest absolute Gasteiger partial charge is 0.413 e. The Bertz CT molecular complexity index is 1020. The normalized spacial score (nSPS) is 16.9. The Labute approximate surface area is 187 Å². The van der Waals surface area contributed by atoms with E-state index in [0.717, 1.165) is 0 Å². The number of carbonyl (C=O) groups excluding carboxylic acids is 1. The van der Waals surface area contributed by atoms with Gasteiger partial charge < -0.3 is 9.32 Å². The highest BCUT2D eigenvalue weighted by atomic mass is 19.4. The number of amides is 2. The van der Waals surface area contributed by atoms with Gasteiger partial charge in [0.1, 0.15) is 0 Å². The van der Waals surface area contributed by atoms with E-state index in [1.54, 1.807) is 37.3 Å². The molecule has 0 N–H and O–H groups in total. The number of alkyl halides is 5. The van der Waals surface area contributed by atoms with Gasteiger partial charge in [-0.1, -0.05) is 24.3 Å². The minimum atomic E-state index is -4.73. The average Bonchev–Trinajstić information content (AvgIpc) is 3.27. The largest absolute Gasteiger partial charge is 0.470 e. The number of allylic oxidation sites excluding steroid dienone is 4. The maximum atomic E-state index is 13.5. The van der Waals surface area contributed by atoms with Crippen LogP contribution in [0.3, 0.4) is 0 Å². The topological polar surface area (TPSA) is 62.5 Å². The molecular weight excluding hydrogens is 447 g/mol. The number of likely N-dealkylation sites (tertiary alicyclic amines) is 1. The van der Waals surface area contributed by atoms with Crippen molar-refractivity contribution in [3.8, 4) is 11.5 Å². The molecule has 1 saturated heterocycles. The van der Waals surface area contributed by atoms with Crippen molar-refractivity contribution in [1.82, 2.24) is 20.0 Å². The maximum absolute atomic E-state index is 13.5. The van der Waals surface area contributed by atoms with Crippen LogP contribution in [0.2, 0.25) is 0 Å². The Morgan fingerprint density at radius 1 is 1.18 bits per heavy atom. The first-order valence-corrected chi connectivity index (χ1v) is 10.2. The van der Waals surface area contributed by atoms with Crippen LogP contribution in [0.25, 0.3) is 11.5 Å². The molecule has 0 saturated carbocycles. The number of rotatable bonds is 5. The van der Waals surface area contributed by atoms with Crippen molar-refractivity contribution in [3.05, 3.63) is 59.6 Å². The SMILES string of the molecule is C/C=C\C=C(/C)N(Cc1ccc(-c2nnc(C(F)(F)F)o2)cc1)C(=O)N1CCC(F)(F)CC1. The molecule has 1 fully saturated rings.